The molecule has 1 aliphatic carbocycles. The van der Waals surface area contributed by atoms with Gasteiger partial charge in [0.2, 0.25) is 5.91 Å². The van der Waals surface area contributed by atoms with Crippen molar-refractivity contribution in [2.24, 2.45) is 5.92 Å². The summed E-state index contributed by atoms with van der Waals surface area (Å²) in [5.74, 6) is 0.932. The van der Waals surface area contributed by atoms with E-state index in [1.54, 1.807) is 32.1 Å². The van der Waals surface area contributed by atoms with Crippen molar-refractivity contribution >= 4 is 56.4 Å². The average molecular weight is 852 g/mol. The van der Waals surface area contributed by atoms with Gasteiger partial charge in [0.25, 0.3) is 0 Å². The molecule has 7 rings (SSSR count). The van der Waals surface area contributed by atoms with Crippen LogP contribution in [0.4, 0.5) is 10.6 Å². The number of esters is 1. The van der Waals surface area contributed by atoms with E-state index in [0.29, 0.717) is 24.9 Å². The van der Waals surface area contributed by atoms with E-state index in [-0.39, 0.29) is 25.5 Å². The van der Waals surface area contributed by atoms with E-state index in [4.69, 9.17) is 24.9 Å². The molecule has 5 aromatic rings. The van der Waals surface area contributed by atoms with E-state index < -0.39 is 29.6 Å². The number of anilines is 1. The molecule has 1 atom stereocenters. The number of imidazole rings is 1. The lowest BCUT2D eigenvalue weighted by Crippen LogP contribution is -2.49. The maximum Gasteiger partial charge on any atom is 0.407 e. The molecule has 2 aromatic carbocycles. The van der Waals surface area contributed by atoms with Crippen LogP contribution in [0.1, 0.15) is 94.0 Å². The number of amides is 2. The first-order valence-electron chi connectivity index (χ1n) is 21.8. The molecular weight excluding hydrogens is 791 g/mol. The summed E-state index contributed by atoms with van der Waals surface area (Å²) in [4.78, 5) is 52.7. The van der Waals surface area contributed by atoms with Crippen LogP contribution >= 0.6 is 11.3 Å². The molecule has 0 spiro atoms. The number of nitrogens with one attached hydrogen (secondary N) is 2. The fourth-order valence-electron chi connectivity index (χ4n) is 8.62. The number of carbonyl (C=O) groups excluding carboxylic acids is 3. The van der Waals surface area contributed by atoms with Crippen LogP contribution in [-0.2, 0) is 36.8 Å². The van der Waals surface area contributed by atoms with Crippen LogP contribution in [0.2, 0.25) is 0 Å². The Morgan fingerprint density at radius 1 is 0.984 bits per heavy atom. The molecule has 1 fully saturated rings. The number of pyridine rings is 1. The third-order valence-electron chi connectivity index (χ3n) is 11.5. The number of nitrogen functional groups attached to an aromatic ring is 1. The average Bonchev–Trinajstić information content (AvgIpc) is 3.89. The first-order valence-corrected chi connectivity index (χ1v) is 22.7. The topological polar surface area (TPSA) is 163 Å². The zero-order valence-corrected chi connectivity index (χ0v) is 37.1. The van der Waals surface area contributed by atoms with E-state index >= 15 is 0 Å². The Morgan fingerprint density at radius 3 is 2.38 bits per heavy atom. The normalized spacial score (nSPS) is 15.2. The van der Waals surface area contributed by atoms with Crippen LogP contribution in [0.25, 0.3) is 32.4 Å². The van der Waals surface area contributed by atoms with Crippen molar-refractivity contribution < 1.29 is 28.6 Å². The number of aryl methyl sites for hydroxylation is 2. The number of carbonyl (C=O) groups is 3. The predicted octanol–water partition coefficient (Wildman–Crippen LogP) is 7.75. The summed E-state index contributed by atoms with van der Waals surface area (Å²) in [7, 11) is 0. The number of alkyl carbamates (subject to hydrolysis) is 1. The lowest BCUT2D eigenvalue weighted by atomic mass is 9.96. The quantitative estimate of drug-likeness (QED) is 0.0587. The summed E-state index contributed by atoms with van der Waals surface area (Å²) in [6, 6.07) is 17.1. The van der Waals surface area contributed by atoms with Crippen molar-refractivity contribution in [3.05, 3.63) is 76.4 Å². The summed E-state index contributed by atoms with van der Waals surface area (Å²) in [6.07, 6.45) is 5.11. The van der Waals surface area contributed by atoms with Gasteiger partial charge in [-0.2, -0.15) is 0 Å². The number of piperidine rings is 1. The van der Waals surface area contributed by atoms with Gasteiger partial charge in [-0.15, -0.1) is 11.3 Å². The Kier molecular flexibility index (Phi) is 14.3. The molecule has 14 heteroatoms. The zero-order chi connectivity index (χ0) is 43.1. The van der Waals surface area contributed by atoms with Crippen LogP contribution in [0.5, 0.6) is 0 Å². The van der Waals surface area contributed by atoms with E-state index in [1.165, 1.54) is 9.58 Å². The van der Waals surface area contributed by atoms with Crippen molar-refractivity contribution in [2.45, 2.75) is 104 Å². The minimum Gasteiger partial charge on any atom is -0.460 e. The third kappa shape index (κ3) is 10.9. The van der Waals surface area contributed by atoms with Crippen molar-refractivity contribution in [3.8, 4) is 11.1 Å². The van der Waals surface area contributed by atoms with Crippen LogP contribution in [0, 0.1) is 12.8 Å². The smallest absolute Gasteiger partial charge is 0.407 e. The number of aromatic nitrogens is 3. The highest BCUT2D eigenvalue weighted by molar-refractivity contribution is 7.19. The van der Waals surface area contributed by atoms with E-state index in [1.807, 2.05) is 36.4 Å². The molecule has 13 nitrogen and oxygen atoms in total. The third-order valence-corrected chi connectivity index (χ3v) is 12.6. The SMILES string of the molecule is CCCCc1nc2c(N)nc3cc(C)sc3c2n1CC1CCN(CCCOCCNC(=O)[C@H](CC(=O)OC(C)(C)C)NC(=O)OCC2c3ccccc3-c3ccccc32)CC1. The molecule has 0 unspecified atom stereocenters. The molecule has 0 radical (unpaired) electrons. The Morgan fingerprint density at radius 2 is 1.69 bits per heavy atom. The number of hydrogen-bond acceptors (Lipinski definition) is 11. The van der Waals surface area contributed by atoms with Gasteiger partial charge in [-0.1, -0.05) is 61.9 Å². The van der Waals surface area contributed by atoms with E-state index in [9.17, 15) is 14.4 Å². The summed E-state index contributed by atoms with van der Waals surface area (Å²) in [6.45, 7) is 14.7. The number of fused-ring (bicyclic) bond motifs is 6. The van der Waals surface area contributed by atoms with Crippen molar-refractivity contribution in [1.29, 1.82) is 0 Å². The lowest BCUT2D eigenvalue weighted by Gasteiger charge is -2.32. The second-order valence-electron chi connectivity index (χ2n) is 17.4. The van der Waals surface area contributed by atoms with Crippen LogP contribution in [0.15, 0.2) is 54.6 Å². The van der Waals surface area contributed by atoms with Gasteiger partial charge in [0.1, 0.15) is 29.6 Å². The van der Waals surface area contributed by atoms with Gasteiger partial charge in [-0.05, 0) is 101 Å². The molecule has 3 aromatic heterocycles. The first kappa shape index (κ1) is 44.0. The minimum absolute atomic E-state index is 0.0853. The number of thiophene rings is 1. The number of nitrogens with zero attached hydrogens (tertiary/aromatic N) is 4. The number of ether oxygens (including phenoxy) is 3. The van der Waals surface area contributed by atoms with Gasteiger partial charge in [0.15, 0.2) is 5.82 Å². The lowest BCUT2D eigenvalue weighted by molar-refractivity contribution is -0.156. The highest BCUT2D eigenvalue weighted by atomic mass is 32.1. The summed E-state index contributed by atoms with van der Waals surface area (Å²) < 4.78 is 20.7. The summed E-state index contributed by atoms with van der Waals surface area (Å²) in [5, 5.41) is 5.43. The van der Waals surface area contributed by atoms with Gasteiger partial charge in [0, 0.05) is 43.5 Å². The van der Waals surface area contributed by atoms with Gasteiger partial charge in [0.05, 0.1) is 28.8 Å². The molecule has 0 saturated carbocycles. The van der Waals surface area contributed by atoms with Crippen molar-refractivity contribution in [1.82, 2.24) is 30.1 Å². The zero-order valence-electron chi connectivity index (χ0n) is 36.3. The Bertz CT molecular complexity index is 2280. The van der Waals surface area contributed by atoms with E-state index in [2.05, 4.69) is 57.1 Å². The fraction of sp³-hybridized carbons (Fsp3) is 0.511. The highest BCUT2D eigenvalue weighted by Gasteiger charge is 2.31. The molecule has 1 saturated heterocycles. The largest absolute Gasteiger partial charge is 0.460 e. The fourth-order valence-corrected chi connectivity index (χ4v) is 9.63. The molecule has 61 heavy (non-hydrogen) atoms. The molecular formula is C47H61N7O6S. The van der Waals surface area contributed by atoms with Gasteiger partial charge in [-0.25, -0.2) is 14.8 Å². The second-order valence-corrected chi connectivity index (χ2v) is 18.6. The summed E-state index contributed by atoms with van der Waals surface area (Å²) in [5.41, 5.74) is 13.0. The molecule has 326 valence electrons. The number of rotatable bonds is 18. The monoisotopic (exact) mass is 851 g/mol. The number of benzene rings is 2. The Hall–Kier alpha value is -5.05. The first-order chi connectivity index (χ1) is 29.4. The van der Waals surface area contributed by atoms with Crippen LogP contribution in [-0.4, -0.2) is 95.0 Å². The number of unbranched alkanes of at least 4 members (excludes halogenated alkanes) is 1. The van der Waals surface area contributed by atoms with E-state index in [0.717, 1.165) is 109 Å². The van der Waals surface area contributed by atoms with Gasteiger partial charge >= 0.3 is 12.1 Å². The van der Waals surface area contributed by atoms with Gasteiger partial charge < -0.3 is 40.0 Å². The van der Waals surface area contributed by atoms with Crippen molar-refractivity contribution in [2.75, 3.05) is 51.7 Å². The number of likely N-dealkylation sites (tertiary alicyclic amines) is 1. The maximum absolute atomic E-state index is 13.3. The van der Waals surface area contributed by atoms with Crippen molar-refractivity contribution in [3.63, 3.8) is 0 Å². The molecule has 4 heterocycles. The molecule has 4 N–H and O–H groups in total. The maximum atomic E-state index is 13.3. The second kappa shape index (κ2) is 19.8. The molecule has 1 aliphatic heterocycles. The number of nitrogens with two attached hydrogens (primary N) is 1. The molecule has 2 amide bonds. The minimum atomic E-state index is -1.18. The molecule has 0 bridgehead atoms. The molecule has 2 aliphatic rings. The van der Waals surface area contributed by atoms with Gasteiger partial charge in [-0.3, -0.25) is 9.59 Å². The Labute approximate surface area is 362 Å². The standard InChI is InChI=1S/C47H61N7O6S/c1-6-7-17-39-52-41-42(43-37(50-44(41)48)26-30(2)61-43)54(39)28-31-18-22-53(23-19-31)21-12-24-58-25-20-49-45(56)38(27-40(55)60-47(3,4)5)51-46(57)59-29-36-34-15-10-8-13-32(34)33-14-9-11-16-35(33)36/h8-11,13-16,26,31,36,38H,6-7,12,17-25,27-29H2,1-5H3,(H2,48,50)(H,49,56)(H,51,57)/t38-/m0/s1. The van der Waals surface area contributed by atoms with Crippen LogP contribution in [0.3, 0.4) is 0 Å². The highest BCUT2D eigenvalue weighted by Crippen LogP contribution is 2.44. The Balaban J connectivity index is 0.842. The van der Waals surface area contributed by atoms with Crippen LogP contribution < -0.4 is 16.4 Å². The predicted molar refractivity (Wildman–Crippen MR) is 241 cm³/mol. The number of hydrogen-bond donors (Lipinski definition) is 3. The summed E-state index contributed by atoms with van der Waals surface area (Å²) >= 11 is 1.77.